The fourth-order valence-electron chi connectivity index (χ4n) is 2.95. The van der Waals surface area contributed by atoms with Gasteiger partial charge in [-0.25, -0.2) is 0 Å². The Labute approximate surface area is 142 Å². The lowest BCUT2D eigenvalue weighted by Gasteiger charge is -2.26. The Morgan fingerprint density at radius 3 is 3.08 bits per heavy atom. The van der Waals surface area contributed by atoms with Gasteiger partial charge in [0.2, 0.25) is 0 Å². The van der Waals surface area contributed by atoms with Crippen LogP contribution in [0.4, 0.5) is 0 Å². The van der Waals surface area contributed by atoms with Gasteiger partial charge in [0.05, 0.1) is 6.61 Å². The number of aliphatic imine (C=N–C) groups is 1. The Kier molecular flexibility index (Phi) is 5.71. The second kappa shape index (κ2) is 8.38. The number of fused-ring (bicyclic) bond motifs is 1. The molecule has 0 saturated carbocycles. The van der Waals surface area contributed by atoms with Crippen molar-refractivity contribution in [2.75, 3.05) is 26.7 Å². The third kappa shape index (κ3) is 4.28. The summed E-state index contributed by atoms with van der Waals surface area (Å²) in [5.41, 5.74) is 1.28. The maximum atomic E-state index is 5.72. The van der Waals surface area contributed by atoms with Crippen LogP contribution in [-0.4, -0.2) is 42.5 Å². The molecule has 0 amide bonds. The molecule has 0 fully saturated rings. The number of para-hydroxylation sites is 1. The molecule has 6 nitrogen and oxygen atoms in total. The molecule has 3 rings (SSSR count). The van der Waals surface area contributed by atoms with E-state index < -0.39 is 0 Å². The predicted octanol–water partition coefficient (Wildman–Crippen LogP) is 2.00. The van der Waals surface area contributed by atoms with Crippen LogP contribution in [0, 0.1) is 0 Å². The summed E-state index contributed by atoms with van der Waals surface area (Å²) in [5, 5.41) is 11.0. The summed E-state index contributed by atoms with van der Waals surface area (Å²) in [6.07, 6.45) is 5.82. The number of hydrogen-bond donors (Lipinski definition) is 2. The topological polar surface area (TPSA) is 63.5 Å². The van der Waals surface area contributed by atoms with Gasteiger partial charge in [0, 0.05) is 45.0 Å². The molecule has 1 aliphatic rings. The molecular weight excluding hydrogens is 302 g/mol. The Balaban J connectivity index is 1.43. The lowest BCUT2D eigenvalue weighted by atomic mass is 9.93. The minimum absolute atomic E-state index is 0.456. The van der Waals surface area contributed by atoms with Crippen molar-refractivity contribution in [2.24, 2.45) is 4.99 Å². The summed E-state index contributed by atoms with van der Waals surface area (Å²) in [4.78, 5) is 4.30. The van der Waals surface area contributed by atoms with E-state index >= 15 is 0 Å². The first-order valence-electron chi connectivity index (χ1n) is 8.50. The molecule has 128 valence electrons. The van der Waals surface area contributed by atoms with E-state index in [0.717, 1.165) is 50.8 Å². The zero-order valence-corrected chi connectivity index (χ0v) is 14.1. The van der Waals surface area contributed by atoms with Gasteiger partial charge in [-0.3, -0.25) is 9.67 Å². The van der Waals surface area contributed by atoms with Crippen LogP contribution >= 0.6 is 0 Å². The lowest BCUT2D eigenvalue weighted by molar-refractivity contribution is 0.267. The summed E-state index contributed by atoms with van der Waals surface area (Å²) in [7, 11) is 1.81. The standard InChI is InChI=1S/C18H25N5O/c1-19-18(20-9-4-11-23-12-5-10-22-23)21-14-15-8-13-24-17-7-3-2-6-16(15)17/h2-3,5-7,10,12,15H,4,8-9,11,13-14H2,1H3,(H2,19,20,21). The number of aryl methyl sites for hydroxylation is 1. The zero-order chi connectivity index (χ0) is 16.6. The fraction of sp³-hybridized carbons (Fsp3) is 0.444. The molecule has 0 bridgehead atoms. The average molecular weight is 327 g/mol. The van der Waals surface area contributed by atoms with Crippen molar-refractivity contribution in [3.05, 3.63) is 48.3 Å². The molecule has 2 N–H and O–H groups in total. The summed E-state index contributed by atoms with van der Waals surface area (Å²) in [6, 6.07) is 10.2. The molecule has 1 aromatic heterocycles. The molecule has 2 heterocycles. The van der Waals surface area contributed by atoms with E-state index in [0.29, 0.717) is 5.92 Å². The van der Waals surface area contributed by atoms with Gasteiger partial charge in [0.15, 0.2) is 5.96 Å². The zero-order valence-electron chi connectivity index (χ0n) is 14.1. The first-order chi connectivity index (χ1) is 11.9. The van der Waals surface area contributed by atoms with E-state index in [4.69, 9.17) is 4.74 Å². The largest absolute Gasteiger partial charge is 0.493 e. The summed E-state index contributed by atoms with van der Waals surface area (Å²) in [6.45, 7) is 3.41. The summed E-state index contributed by atoms with van der Waals surface area (Å²) < 4.78 is 7.66. The summed E-state index contributed by atoms with van der Waals surface area (Å²) >= 11 is 0. The smallest absolute Gasteiger partial charge is 0.190 e. The van der Waals surface area contributed by atoms with Crippen LogP contribution < -0.4 is 15.4 Å². The second-order valence-corrected chi connectivity index (χ2v) is 5.87. The van der Waals surface area contributed by atoms with Gasteiger partial charge in [0.25, 0.3) is 0 Å². The van der Waals surface area contributed by atoms with Crippen molar-refractivity contribution in [2.45, 2.75) is 25.3 Å². The van der Waals surface area contributed by atoms with Crippen molar-refractivity contribution in [1.29, 1.82) is 0 Å². The first-order valence-corrected chi connectivity index (χ1v) is 8.50. The van der Waals surface area contributed by atoms with Crippen LogP contribution in [0.1, 0.15) is 24.3 Å². The van der Waals surface area contributed by atoms with Gasteiger partial charge in [-0.2, -0.15) is 5.10 Å². The van der Waals surface area contributed by atoms with Gasteiger partial charge in [-0.15, -0.1) is 0 Å². The molecule has 2 aromatic rings. The van der Waals surface area contributed by atoms with Gasteiger partial charge >= 0.3 is 0 Å². The van der Waals surface area contributed by atoms with Gasteiger partial charge < -0.3 is 15.4 Å². The average Bonchev–Trinajstić information content (AvgIpc) is 3.14. The number of aromatic nitrogens is 2. The molecular formula is C18H25N5O. The lowest BCUT2D eigenvalue weighted by Crippen LogP contribution is -2.40. The number of nitrogens with zero attached hydrogens (tertiary/aromatic N) is 3. The predicted molar refractivity (Wildman–Crippen MR) is 95.5 cm³/mol. The van der Waals surface area contributed by atoms with Crippen molar-refractivity contribution >= 4 is 5.96 Å². The van der Waals surface area contributed by atoms with E-state index in [1.807, 2.05) is 29.1 Å². The molecule has 1 atom stereocenters. The molecule has 1 aromatic carbocycles. The first kappa shape index (κ1) is 16.4. The van der Waals surface area contributed by atoms with E-state index in [1.54, 1.807) is 13.2 Å². The molecule has 0 saturated heterocycles. The van der Waals surface area contributed by atoms with Crippen molar-refractivity contribution in [1.82, 2.24) is 20.4 Å². The minimum Gasteiger partial charge on any atom is -0.493 e. The van der Waals surface area contributed by atoms with Crippen molar-refractivity contribution in [3.8, 4) is 5.75 Å². The molecule has 1 unspecified atom stereocenters. The highest BCUT2D eigenvalue weighted by atomic mass is 16.5. The van der Waals surface area contributed by atoms with E-state index in [2.05, 4.69) is 32.9 Å². The van der Waals surface area contributed by atoms with E-state index in [9.17, 15) is 0 Å². The number of guanidine groups is 1. The Morgan fingerprint density at radius 2 is 2.25 bits per heavy atom. The highest BCUT2D eigenvalue weighted by molar-refractivity contribution is 5.79. The van der Waals surface area contributed by atoms with Gasteiger partial charge in [-0.1, -0.05) is 18.2 Å². The molecule has 1 aliphatic heterocycles. The van der Waals surface area contributed by atoms with Crippen LogP contribution in [0.5, 0.6) is 5.75 Å². The molecule has 24 heavy (non-hydrogen) atoms. The minimum atomic E-state index is 0.456. The maximum Gasteiger partial charge on any atom is 0.190 e. The third-order valence-corrected chi connectivity index (χ3v) is 4.24. The molecule has 0 spiro atoms. The maximum absolute atomic E-state index is 5.72. The number of rotatable bonds is 6. The third-order valence-electron chi connectivity index (χ3n) is 4.24. The molecule has 6 heteroatoms. The van der Waals surface area contributed by atoms with Gasteiger partial charge in [-0.05, 0) is 30.5 Å². The Morgan fingerprint density at radius 1 is 1.33 bits per heavy atom. The highest BCUT2D eigenvalue weighted by Gasteiger charge is 2.20. The monoisotopic (exact) mass is 327 g/mol. The van der Waals surface area contributed by atoms with Crippen LogP contribution in [0.2, 0.25) is 0 Å². The van der Waals surface area contributed by atoms with Crippen molar-refractivity contribution < 1.29 is 4.74 Å². The Bertz CT molecular complexity index is 653. The fourth-order valence-corrected chi connectivity index (χ4v) is 2.95. The SMILES string of the molecule is CN=C(NCCCn1cccn1)NCC1CCOc2ccccc21. The highest BCUT2D eigenvalue weighted by Crippen LogP contribution is 2.32. The van der Waals surface area contributed by atoms with E-state index in [1.165, 1.54) is 5.56 Å². The quantitative estimate of drug-likeness (QED) is 0.484. The number of hydrogen-bond acceptors (Lipinski definition) is 3. The normalized spacial score (nSPS) is 17.0. The van der Waals surface area contributed by atoms with Crippen LogP contribution in [-0.2, 0) is 6.54 Å². The number of nitrogens with one attached hydrogen (secondary N) is 2. The van der Waals surface area contributed by atoms with Crippen LogP contribution in [0.3, 0.4) is 0 Å². The van der Waals surface area contributed by atoms with E-state index in [-0.39, 0.29) is 0 Å². The van der Waals surface area contributed by atoms with Crippen LogP contribution in [0.25, 0.3) is 0 Å². The number of benzene rings is 1. The molecule has 0 radical (unpaired) electrons. The van der Waals surface area contributed by atoms with Gasteiger partial charge in [0.1, 0.15) is 5.75 Å². The van der Waals surface area contributed by atoms with Crippen molar-refractivity contribution in [3.63, 3.8) is 0 Å². The number of ether oxygens (including phenoxy) is 1. The Hall–Kier alpha value is -2.50. The molecule has 0 aliphatic carbocycles. The second-order valence-electron chi connectivity index (χ2n) is 5.87. The van der Waals surface area contributed by atoms with Crippen LogP contribution in [0.15, 0.2) is 47.7 Å². The summed E-state index contributed by atoms with van der Waals surface area (Å²) in [5.74, 6) is 2.31.